The highest BCUT2D eigenvalue weighted by Gasteiger charge is 2.24. The summed E-state index contributed by atoms with van der Waals surface area (Å²) in [4.78, 5) is 0.176. The molecule has 5 heteroatoms. The number of anilines is 1. The zero-order valence-electron chi connectivity index (χ0n) is 8.80. The van der Waals surface area contributed by atoms with E-state index in [1.165, 1.54) is 13.2 Å². The molecule has 0 amide bonds. The maximum absolute atomic E-state index is 12.0. The van der Waals surface area contributed by atoms with Crippen LogP contribution < -0.4 is 5.73 Å². The number of para-hydroxylation sites is 1. The van der Waals surface area contributed by atoms with Gasteiger partial charge < -0.3 is 10.5 Å². The first kappa shape index (κ1) is 12.0. The first-order chi connectivity index (χ1) is 7.00. The molecule has 0 spiro atoms. The molecular formula is C10H15NO3S. The number of ether oxygens (including phenoxy) is 1. The molecule has 1 atom stereocenters. The monoisotopic (exact) mass is 229 g/mol. The molecule has 0 aliphatic carbocycles. The highest BCUT2D eigenvalue weighted by Crippen LogP contribution is 2.22. The molecule has 0 bridgehead atoms. The third kappa shape index (κ3) is 2.49. The Bertz CT molecular complexity index is 428. The zero-order valence-corrected chi connectivity index (χ0v) is 9.62. The molecule has 0 saturated carbocycles. The number of nitrogens with two attached hydrogens (primary N) is 1. The second kappa shape index (κ2) is 4.63. The van der Waals surface area contributed by atoms with Gasteiger partial charge in [0.1, 0.15) is 0 Å². The Hall–Kier alpha value is -1.07. The molecular weight excluding hydrogens is 214 g/mol. The Balaban J connectivity index is 3.12. The summed E-state index contributed by atoms with van der Waals surface area (Å²) < 4.78 is 28.8. The van der Waals surface area contributed by atoms with E-state index in [-0.39, 0.29) is 17.2 Å². The Morgan fingerprint density at radius 1 is 1.40 bits per heavy atom. The summed E-state index contributed by atoms with van der Waals surface area (Å²) in [6.45, 7) is 1.77. The molecule has 1 rings (SSSR count). The van der Waals surface area contributed by atoms with Gasteiger partial charge in [-0.3, -0.25) is 0 Å². The van der Waals surface area contributed by atoms with E-state index in [4.69, 9.17) is 10.5 Å². The molecule has 15 heavy (non-hydrogen) atoms. The summed E-state index contributed by atoms with van der Waals surface area (Å²) >= 11 is 0. The molecule has 0 saturated heterocycles. The topological polar surface area (TPSA) is 69.4 Å². The van der Waals surface area contributed by atoms with Crippen molar-refractivity contribution in [3.05, 3.63) is 24.3 Å². The average Bonchev–Trinajstić information content (AvgIpc) is 2.18. The fraction of sp³-hybridized carbons (Fsp3) is 0.400. The predicted molar refractivity (Wildman–Crippen MR) is 59.4 cm³/mol. The quantitative estimate of drug-likeness (QED) is 0.784. The van der Waals surface area contributed by atoms with Crippen LogP contribution in [0, 0.1) is 0 Å². The summed E-state index contributed by atoms with van der Waals surface area (Å²) in [6.07, 6.45) is 0. The van der Waals surface area contributed by atoms with Gasteiger partial charge in [-0.05, 0) is 19.1 Å². The van der Waals surface area contributed by atoms with Crippen LogP contribution in [0.25, 0.3) is 0 Å². The minimum absolute atomic E-state index is 0.163. The van der Waals surface area contributed by atoms with Crippen molar-refractivity contribution in [2.45, 2.75) is 17.1 Å². The van der Waals surface area contributed by atoms with E-state index in [1.54, 1.807) is 25.1 Å². The summed E-state index contributed by atoms with van der Waals surface area (Å²) in [5, 5.41) is -0.591. The molecule has 0 radical (unpaired) electrons. The van der Waals surface area contributed by atoms with Crippen LogP contribution in [0.2, 0.25) is 0 Å². The van der Waals surface area contributed by atoms with Crippen LogP contribution in [0.5, 0.6) is 0 Å². The van der Waals surface area contributed by atoms with Gasteiger partial charge >= 0.3 is 0 Å². The van der Waals surface area contributed by atoms with Crippen molar-refractivity contribution in [3.8, 4) is 0 Å². The third-order valence-corrected chi connectivity index (χ3v) is 4.34. The van der Waals surface area contributed by atoms with Crippen molar-refractivity contribution in [1.82, 2.24) is 0 Å². The summed E-state index contributed by atoms with van der Waals surface area (Å²) in [6, 6.07) is 6.45. The molecule has 0 heterocycles. The lowest BCUT2D eigenvalue weighted by Crippen LogP contribution is -2.23. The second-order valence-electron chi connectivity index (χ2n) is 3.35. The van der Waals surface area contributed by atoms with Gasteiger partial charge in [-0.25, -0.2) is 8.42 Å². The summed E-state index contributed by atoms with van der Waals surface area (Å²) in [7, 11) is -1.91. The Labute approximate surface area is 90.0 Å². The van der Waals surface area contributed by atoms with Gasteiger partial charge in [0.25, 0.3) is 0 Å². The van der Waals surface area contributed by atoms with Crippen LogP contribution in [0.15, 0.2) is 29.2 Å². The highest BCUT2D eigenvalue weighted by molar-refractivity contribution is 7.92. The Kier molecular flexibility index (Phi) is 3.71. The number of hydrogen-bond donors (Lipinski definition) is 1. The van der Waals surface area contributed by atoms with Crippen molar-refractivity contribution in [2.75, 3.05) is 19.5 Å². The first-order valence-electron chi connectivity index (χ1n) is 4.57. The van der Waals surface area contributed by atoms with Crippen LogP contribution in [0.3, 0.4) is 0 Å². The van der Waals surface area contributed by atoms with E-state index in [1.807, 2.05) is 0 Å². The number of sulfone groups is 1. The van der Waals surface area contributed by atoms with E-state index >= 15 is 0 Å². The maximum atomic E-state index is 12.0. The van der Waals surface area contributed by atoms with Gasteiger partial charge in [-0.15, -0.1) is 0 Å². The van der Waals surface area contributed by atoms with Crippen molar-refractivity contribution in [1.29, 1.82) is 0 Å². The van der Waals surface area contributed by atoms with Crippen molar-refractivity contribution < 1.29 is 13.2 Å². The molecule has 0 fully saturated rings. The molecule has 1 unspecified atom stereocenters. The van der Waals surface area contributed by atoms with Crippen LogP contribution in [0.1, 0.15) is 6.92 Å². The van der Waals surface area contributed by atoms with Gasteiger partial charge in [-0.2, -0.15) is 0 Å². The fourth-order valence-electron chi connectivity index (χ4n) is 1.28. The van der Waals surface area contributed by atoms with Crippen LogP contribution >= 0.6 is 0 Å². The van der Waals surface area contributed by atoms with E-state index in [0.717, 1.165) is 0 Å². The van der Waals surface area contributed by atoms with Crippen LogP contribution in [-0.4, -0.2) is 27.4 Å². The Morgan fingerprint density at radius 3 is 2.53 bits per heavy atom. The minimum atomic E-state index is -3.38. The van der Waals surface area contributed by atoms with Gasteiger partial charge in [-0.1, -0.05) is 12.1 Å². The van der Waals surface area contributed by atoms with E-state index in [9.17, 15) is 8.42 Å². The van der Waals surface area contributed by atoms with Gasteiger partial charge in [0.2, 0.25) is 0 Å². The standard InChI is InChI=1S/C10H15NO3S/c1-8(7-14-2)15(12,13)10-6-4-3-5-9(10)11/h3-6,8H,7,11H2,1-2H3. The van der Waals surface area contributed by atoms with Crippen LogP contribution in [-0.2, 0) is 14.6 Å². The Morgan fingerprint density at radius 2 is 2.00 bits per heavy atom. The molecule has 2 N–H and O–H groups in total. The third-order valence-electron chi connectivity index (χ3n) is 2.16. The molecule has 1 aromatic carbocycles. The van der Waals surface area contributed by atoms with Crippen molar-refractivity contribution in [3.63, 3.8) is 0 Å². The number of benzene rings is 1. The maximum Gasteiger partial charge on any atom is 0.185 e. The number of hydrogen-bond acceptors (Lipinski definition) is 4. The molecule has 0 aromatic heterocycles. The van der Waals surface area contributed by atoms with Crippen molar-refractivity contribution >= 4 is 15.5 Å². The fourth-order valence-corrected chi connectivity index (χ4v) is 2.69. The van der Waals surface area contributed by atoms with Gasteiger partial charge in [0.15, 0.2) is 9.84 Å². The summed E-state index contributed by atoms with van der Waals surface area (Å²) in [5.74, 6) is 0. The molecule has 4 nitrogen and oxygen atoms in total. The van der Waals surface area contributed by atoms with Crippen LogP contribution in [0.4, 0.5) is 5.69 Å². The lowest BCUT2D eigenvalue weighted by atomic mass is 10.3. The average molecular weight is 229 g/mol. The molecule has 1 aromatic rings. The smallest absolute Gasteiger partial charge is 0.185 e. The SMILES string of the molecule is COCC(C)S(=O)(=O)c1ccccc1N. The lowest BCUT2D eigenvalue weighted by Gasteiger charge is -2.13. The minimum Gasteiger partial charge on any atom is -0.398 e. The normalized spacial score (nSPS) is 13.7. The van der Waals surface area contributed by atoms with E-state index < -0.39 is 15.1 Å². The number of nitrogen functional groups attached to an aromatic ring is 1. The van der Waals surface area contributed by atoms with Crippen molar-refractivity contribution in [2.24, 2.45) is 0 Å². The van der Waals surface area contributed by atoms with Gasteiger partial charge in [0.05, 0.1) is 22.4 Å². The molecule has 84 valence electrons. The largest absolute Gasteiger partial charge is 0.398 e. The molecule has 0 aliphatic heterocycles. The lowest BCUT2D eigenvalue weighted by molar-refractivity contribution is 0.200. The van der Waals surface area contributed by atoms with E-state index in [0.29, 0.717) is 0 Å². The van der Waals surface area contributed by atoms with Gasteiger partial charge in [0, 0.05) is 7.11 Å². The first-order valence-corrected chi connectivity index (χ1v) is 6.12. The summed E-state index contributed by atoms with van der Waals surface area (Å²) in [5.41, 5.74) is 5.90. The molecule has 0 aliphatic rings. The van der Waals surface area contributed by atoms with E-state index in [2.05, 4.69) is 0 Å². The zero-order chi connectivity index (χ0) is 11.5. The number of methoxy groups -OCH3 is 1. The second-order valence-corrected chi connectivity index (χ2v) is 5.68. The predicted octanol–water partition coefficient (Wildman–Crippen LogP) is 1.08. The highest BCUT2D eigenvalue weighted by atomic mass is 32.2. The number of rotatable bonds is 4.